The number of nitrogens with zero attached hydrogens (tertiary/aromatic N) is 2. The third-order valence-electron chi connectivity index (χ3n) is 5.46. The second-order valence-electron chi connectivity index (χ2n) is 8.04. The van der Waals surface area contributed by atoms with E-state index in [9.17, 15) is 0 Å². The highest BCUT2D eigenvalue weighted by atomic mass is 16.7. The van der Waals surface area contributed by atoms with Gasteiger partial charge < -0.3 is 18.9 Å². The fraction of sp³-hybridized carbons (Fsp3) is 0.538. The molecule has 2 aromatic rings. The number of hydrogen-bond donors (Lipinski definition) is 0. The molecule has 3 rings (SSSR count). The molecule has 1 fully saturated rings. The zero-order valence-corrected chi connectivity index (χ0v) is 19.2. The molecule has 2 aromatic carbocycles. The Morgan fingerprint density at radius 2 is 0.969 bits per heavy atom. The largest absolute Gasteiger partial charge is 0.378 e. The van der Waals surface area contributed by atoms with Gasteiger partial charge in [-0.3, -0.25) is 9.80 Å². The molecule has 0 saturated carbocycles. The molecule has 6 nitrogen and oxygen atoms in total. The van der Waals surface area contributed by atoms with Gasteiger partial charge in [0.25, 0.3) is 0 Å². The average Bonchev–Trinajstić information content (AvgIpc) is 2.82. The third kappa shape index (κ3) is 10.7. The first-order chi connectivity index (χ1) is 15.9. The van der Waals surface area contributed by atoms with Gasteiger partial charge in [-0.25, -0.2) is 0 Å². The highest BCUT2D eigenvalue weighted by molar-refractivity contribution is 5.15. The van der Waals surface area contributed by atoms with Gasteiger partial charge in [0, 0.05) is 39.3 Å². The second-order valence-corrected chi connectivity index (χ2v) is 8.04. The van der Waals surface area contributed by atoms with Crippen LogP contribution in [0.3, 0.4) is 0 Å². The summed E-state index contributed by atoms with van der Waals surface area (Å²) < 4.78 is 23.1. The number of ether oxygens (including phenoxy) is 4. The smallest absolute Gasteiger partial charge is 0.146 e. The Hall–Kier alpha value is -1.80. The predicted molar refractivity (Wildman–Crippen MR) is 126 cm³/mol. The van der Waals surface area contributed by atoms with Crippen molar-refractivity contribution in [3.05, 3.63) is 71.8 Å². The topological polar surface area (TPSA) is 43.4 Å². The van der Waals surface area contributed by atoms with Crippen LogP contribution in [0.5, 0.6) is 0 Å². The van der Waals surface area contributed by atoms with E-state index in [-0.39, 0.29) is 0 Å². The van der Waals surface area contributed by atoms with Gasteiger partial charge in [-0.15, -0.1) is 0 Å². The van der Waals surface area contributed by atoms with Gasteiger partial charge >= 0.3 is 0 Å². The van der Waals surface area contributed by atoms with E-state index in [1.54, 1.807) is 0 Å². The van der Waals surface area contributed by atoms with Gasteiger partial charge in [0.05, 0.1) is 39.6 Å². The normalized spacial score (nSPS) is 19.8. The molecule has 0 atom stereocenters. The van der Waals surface area contributed by atoms with Crippen LogP contribution in [0, 0.1) is 0 Å². The van der Waals surface area contributed by atoms with Crippen LogP contribution in [0.1, 0.15) is 17.5 Å². The van der Waals surface area contributed by atoms with Gasteiger partial charge in [-0.1, -0.05) is 60.7 Å². The monoisotopic (exact) mass is 442 g/mol. The molecule has 176 valence electrons. The van der Waals surface area contributed by atoms with Crippen molar-refractivity contribution in [2.75, 3.05) is 72.6 Å². The number of benzene rings is 2. The molecule has 1 saturated heterocycles. The molecular weight excluding hydrogens is 404 g/mol. The van der Waals surface area contributed by atoms with Gasteiger partial charge in [0.15, 0.2) is 0 Å². The molecule has 0 bridgehead atoms. The van der Waals surface area contributed by atoms with Crippen LogP contribution in [0.25, 0.3) is 0 Å². The van der Waals surface area contributed by atoms with Gasteiger partial charge in [0.2, 0.25) is 0 Å². The standard InChI is InChI=1S/C26H38N2O4/c1-3-8-25(9-4-1)22-27-12-7-16-31-24-32-19-15-28(23-26-10-5-2-6-11-26)14-18-30-21-20-29-17-13-27/h1-6,8-11H,7,12-24H2. The summed E-state index contributed by atoms with van der Waals surface area (Å²) in [6.45, 7) is 9.75. The Bertz CT molecular complexity index is 620. The number of rotatable bonds is 4. The summed E-state index contributed by atoms with van der Waals surface area (Å²) in [6.07, 6.45) is 0.972. The summed E-state index contributed by atoms with van der Waals surface area (Å²) in [7, 11) is 0. The lowest BCUT2D eigenvalue weighted by Crippen LogP contribution is -2.32. The van der Waals surface area contributed by atoms with E-state index in [1.165, 1.54) is 11.1 Å². The van der Waals surface area contributed by atoms with Crippen LogP contribution in [-0.2, 0) is 32.0 Å². The van der Waals surface area contributed by atoms with Crippen LogP contribution < -0.4 is 0 Å². The summed E-state index contributed by atoms with van der Waals surface area (Å²) in [5, 5.41) is 0. The van der Waals surface area contributed by atoms with E-state index in [0.717, 1.165) is 45.7 Å². The van der Waals surface area contributed by atoms with Crippen LogP contribution >= 0.6 is 0 Å². The minimum absolute atomic E-state index is 0.345. The highest BCUT2D eigenvalue weighted by Crippen LogP contribution is 2.06. The Kier molecular flexibility index (Phi) is 12.3. The van der Waals surface area contributed by atoms with E-state index in [4.69, 9.17) is 18.9 Å². The van der Waals surface area contributed by atoms with Crippen molar-refractivity contribution in [2.24, 2.45) is 0 Å². The van der Waals surface area contributed by atoms with Gasteiger partial charge in [-0.2, -0.15) is 0 Å². The fourth-order valence-electron chi connectivity index (χ4n) is 3.69. The first-order valence-corrected chi connectivity index (χ1v) is 11.7. The molecule has 32 heavy (non-hydrogen) atoms. The zero-order valence-electron chi connectivity index (χ0n) is 19.2. The maximum Gasteiger partial charge on any atom is 0.146 e. The van der Waals surface area contributed by atoms with Crippen molar-refractivity contribution >= 4 is 0 Å². The molecule has 0 aromatic heterocycles. The summed E-state index contributed by atoms with van der Waals surface area (Å²) in [6, 6.07) is 21.1. The average molecular weight is 443 g/mol. The van der Waals surface area contributed by atoms with E-state index in [2.05, 4.69) is 64.4 Å². The maximum atomic E-state index is 5.84. The zero-order chi connectivity index (χ0) is 22.1. The summed E-state index contributed by atoms with van der Waals surface area (Å²) in [4.78, 5) is 4.78. The molecule has 1 heterocycles. The minimum atomic E-state index is 0.345. The molecule has 1 aliphatic heterocycles. The third-order valence-corrected chi connectivity index (χ3v) is 5.46. The Balaban J connectivity index is 1.43. The molecular formula is C26H38N2O4. The summed E-state index contributed by atoms with van der Waals surface area (Å²) in [5.74, 6) is 0. The van der Waals surface area contributed by atoms with Crippen molar-refractivity contribution in [2.45, 2.75) is 19.5 Å². The molecule has 0 radical (unpaired) electrons. The predicted octanol–water partition coefficient (Wildman–Crippen LogP) is 3.42. The van der Waals surface area contributed by atoms with Gasteiger partial charge in [-0.05, 0) is 17.5 Å². The Morgan fingerprint density at radius 1 is 0.500 bits per heavy atom. The molecule has 6 heteroatoms. The summed E-state index contributed by atoms with van der Waals surface area (Å²) >= 11 is 0. The summed E-state index contributed by atoms with van der Waals surface area (Å²) in [5.41, 5.74) is 2.62. The Morgan fingerprint density at radius 3 is 1.53 bits per heavy atom. The van der Waals surface area contributed by atoms with Crippen molar-refractivity contribution < 1.29 is 18.9 Å². The molecule has 1 aliphatic rings. The van der Waals surface area contributed by atoms with Crippen molar-refractivity contribution in [1.82, 2.24) is 9.80 Å². The first-order valence-electron chi connectivity index (χ1n) is 11.7. The molecule has 0 spiro atoms. The van der Waals surface area contributed by atoms with Crippen molar-refractivity contribution in [3.8, 4) is 0 Å². The van der Waals surface area contributed by atoms with Crippen LogP contribution in [0.15, 0.2) is 60.7 Å². The SMILES string of the molecule is c1ccc(CN2CCCOCOCCN(Cc3ccccc3)CCOCCOCC2)cc1. The van der Waals surface area contributed by atoms with E-state index < -0.39 is 0 Å². The first kappa shape index (κ1) is 24.8. The number of hydrogen-bond acceptors (Lipinski definition) is 6. The second kappa shape index (κ2) is 15.9. The van der Waals surface area contributed by atoms with Crippen LogP contribution in [0.2, 0.25) is 0 Å². The fourth-order valence-corrected chi connectivity index (χ4v) is 3.69. The molecule has 0 amide bonds. The lowest BCUT2D eigenvalue weighted by atomic mass is 10.2. The molecule has 0 unspecified atom stereocenters. The lowest BCUT2D eigenvalue weighted by Gasteiger charge is -2.24. The van der Waals surface area contributed by atoms with Gasteiger partial charge in [0.1, 0.15) is 6.79 Å². The van der Waals surface area contributed by atoms with Crippen molar-refractivity contribution in [1.29, 1.82) is 0 Å². The van der Waals surface area contributed by atoms with Crippen LogP contribution in [-0.4, -0.2) is 82.4 Å². The minimum Gasteiger partial charge on any atom is -0.378 e. The Labute approximate surface area is 193 Å². The molecule has 0 N–H and O–H groups in total. The highest BCUT2D eigenvalue weighted by Gasteiger charge is 2.08. The quantitative estimate of drug-likeness (QED) is 0.723. The van der Waals surface area contributed by atoms with E-state index in [0.29, 0.717) is 46.4 Å². The maximum absolute atomic E-state index is 5.84. The lowest BCUT2D eigenvalue weighted by molar-refractivity contribution is -0.0626. The molecule has 0 aliphatic carbocycles. The van der Waals surface area contributed by atoms with Crippen LogP contribution in [0.4, 0.5) is 0 Å². The van der Waals surface area contributed by atoms with Crippen molar-refractivity contribution in [3.63, 3.8) is 0 Å². The van der Waals surface area contributed by atoms with E-state index in [1.807, 2.05) is 6.07 Å². The van der Waals surface area contributed by atoms with E-state index >= 15 is 0 Å².